The molecule has 0 fully saturated rings. The van der Waals surface area contributed by atoms with Crippen molar-refractivity contribution in [3.8, 4) is 0 Å². The molecule has 5 nitrogen and oxygen atoms in total. The van der Waals surface area contributed by atoms with E-state index >= 15 is 0 Å². The van der Waals surface area contributed by atoms with Crippen molar-refractivity contribution in [2.45, 2.75) is 32.9 Å². The van der Waals surface area contributed by atoms with Crippen LogP contribution in [0.2, 0.25) is 0 Å². The molecule has 162 valence electrons. The lowest BCUT2D eigenvalue weighted by Crippen LogP contribution is -2.32. The summed E-state index contributed by atoms with van der Waals surface area (Å²) < 4.78 is 38.2. The van der Waals surface area contributed by atoms with Crippen LogP contribution in [0.3, 0.4) is 0 Å². The molecule has 0 atom stereocenters. The van der Waals surface area contributed by atoms with Crippen LogP contribution in [0, 0.1) is 0 Å². The first-order valence-electron chi connectivity index (χ1n) is 9.85. The zero-order valence-corrected chi connectivity index (χ0v) is 17.1. The largest absolute Gasteiger partial charge is 0.416 e. The van der Waals surface area contributed by atoms with Crippen LogP contribution in [0.15, 0.2) is 48.5 Å². The number of amides is 2. The SMILES string of the molecule is CCCN(CCC)C(=O)c1ccc(NC(=O)CNc2cccc(C(F)(F)F)c2)cc1. The highest BCUT2D eigenvalue weighted by Gasteiger charge is 2.30. The molecule has 0 aliphatic rings. The lowest BCUT2D eigenvalue weighted by atomic mass is 10.1. The van der Waals surface area contributed by atoms with Gasteiger partial charge in [0.15, 0.2) is 0 Å². The molecule has 0 bridgehead atoms. The van der Waals surface area contributed by atoms with Crippen LogP contribution in [0.5, 0.6) is 0 Å². The summed E-state index contributed by atoms with van der Waals surface area (Å²) in [5.74, 6) is -0.465. The zero-order valence-electron chi connectivity index (χ0n) is 17.1. The molecule has 2 rings (SSSR count). The number of rotatable bonds is 9. The number of benzene rings is 2. The van der Waals surface area contributed by atoms with Gasteiger partial charge in [-0.2, -0.15) is 13.2 Å². The lowest BCUT2D eigenvalue weighted by molar-refractivity contribution is -0.137. The molecule has 0 aliphatic carbocycles. The molecule has 2 aromatic carbocycles. The second-order valence-corrected chi connectivity index (χ2v) is 6.85. The van der Waals surface area contributed by atoms with Crippen molar-refractivity contribution in [2.75, 3.05) is 30.3 Å². The normalized spacial score (nSPS) is 11.1. The van der Waals surface area contributed by atoms with Crippen LogP contribution in [-0.2, 0) is 11.0 Å². The summed E-state index contributed by atoms with van der Waals surface area (Å²) in [6.45, 7) is 5.21. The van der Waals surface area contributed by atoms with E-state index in [9.17, 15) is 22.8 Å². The van der Waals surface area contributed by atoms with Gasteiger partial charge in [0.1, 0.15) is 0 Å². The van der Waals surface area contributed by atoms with E-state index in [0.29, 0.717) is 24.3 Å². The highest BCUT2D eigenvalue weighted by Crippen LogP contribution is 2.30. The van der Waals surface area contributed by atoms with Gasteiger partial charge in [0.2, 0.25) is 5.91 Å². The summed E-state index contributed by atoms with van der Waals surface area (Å²) in [5, 5.41) is 5.33. The third-order valence-corrected chi connectivity index (χ3v) is 4.33. The summed E-state index contributed by atoms with van der Waals surface area (Å²) in [5.41, 5.74) is 0.457. The number of alkyl halides is 3. The highest BCUT2D eigenvalue weighted by atomic mass is 19.4. The number of hydrogen-bond acceptors (Lipinski definition) is 3. The van der Waals surface area contributed by atoms with E-state index in [1.165, 1.54) is 12.1 Å². The topological polar surface area (TPSA) is 61.4 Å². The van der Waals surface area contributed by atoms with Crippen molar-refractivity contribution in [2.24, 2.45) is 0 Å². The monoisotopic (exact) mass is 421 g/mol. The lowest BCUT2D eigenvalue weighted by Gasteiger charge is -2.21. The summed E-state index contributed by atoms with van der Waals surface area (Å²) in [6, 6.07) is 11.2. The summed E-state index contributed by atoms with van der Waals surface area (Å²) in [6.07, 6.45) is -2.69. The Balaban J connectivity index is 1.92. The molecule has 0 aromatic heterocycles. The van der Waals surface area contributed by atoms with E-state index < -0.39 is 17.6 Å². The van der Waals surface area contributed by atoms with Gasteiger partial charge in [0.25, 0.3) is 5.91 Å². The fourth-order valence-corrected chi connectivity index (χ4v) is 2.93. The van der Waals surface area contributed by atoms with E-state index in [1.54, 1.807) is 29.2 Å². The van der Waals surface area contributed by atoms with Gasteiger partial charge in [-0.15, -0.1) is 0 Å². The molecule has 8 heteroatoms. The van der Waals surface area contributed by atoms with Crippen molar-refractivity contribution in [3.63, 3.8) is 0 Å². The van der Waals surface area contributed by atoms with E-state index in [2.05, 4.69) is 10.6 Å². The van der Waals surface area contributed by atoms with Gasteiger partial charge in [0.05, 0.1) is 12.1 Å². The second kappa shape index (κ2) is 10.7. The Morgan fingerprint density at radius 2 is 1.57 bits per heavy atom. The van der Waals surface area contributed by atoms with Gasteiger partial charge in [0, 0.05) is 30.0 Å². The van der Waals surface area contributed by atoms with Crippen LogP contribution in [-0.4, -0.2) is 36.3 Å². The number of nitrogens with zero attached hydrogens (tertiary/aromatic N) is 1. The van der Waals surface area contributed by atoms with Crippen molar-refractivity contribution in [1.29, 1.82) is 0 Å². The number of carbonyl (C=O) groups excluding carboxylic acids is 2. The quantitative estimate of drug-likeness (QED) is 0.598. The van der Waals surface area contributed by atoms with Crippen LogP contribution in [0.25, 0.3) is 0 Å². The second-order valence-electron chi connectivity index (χ2n) is 6.85. The number of hydrogen-bond donors (Lipinski definition) is 2. The Kier molecular flexibility index (Phi) is 8.26. The standard InChI is InChI=1S/C22H26F3N3O2/c1-3-12-28(13-4-2)21(30)16-8-10-18(11-9-16)27-20(29)15-26-19-7-5-6-17(14-19)22(23,24)25/h5-11,14,26H,3-4,12-13,15H2,1-2H3,(H,27,29). The molecule has 0 aliphatic heterocycles. The molecule has 2 amide bonds. The summed E-state index contributed by atoms with van der Waals surface area (Å²) >= 11 is 0. The fourth-order valence-electron chi connectivity index (χ4n) is 2.93. The first-order valence-corrected chi connectivity index (χ1v) is 9.85. The molecular formula is C22H26F3N3O2. The average molecular weight is 421 g/mol. The maximum Gasteiger partial charge on any atom is 0.416 e. The van der Waals surface area contributed by atoms with Crippen LogP contribution >= 0.6 is 0 Å². The molecule has 0 unspecified atom stereocenters. The molecule has 2 aromatic rings. The van der Waals surface area contributed by atoms with Crippen molar-refractivity contribution in [3.05, 3.63) is 59.7 Å². The number of anilines is 2. The minimum atomic E-state index is -4.44. The molecule has 0 saturated carbocycles. The number of halogens is 3. The Bertz CT molecular complexity index is 845. The summed E-state index contributed by atoms with van der Waals surface area (Å²) in [7, 11) is 0. The minimum Gasteiger partial charge on any atom is -0.376 e. The average Bonchev–Trinajstić information content (AvgIpc) is 2.72. The van der Waals surface area contributed by atoms with Crippen molar-refractivity contribution < 1.29 is 22.8 Å². The van der Waals surface area contributed by atoms with Gasteiger partial charge >= 0.3 is 6.18 Å². The highest BCUT2D eigenvalue weighted by molar-refractivity contribution is 5.96. The number of carbonyl (C=O) groups is 2. The van der Waals surface area contributed by atoms with E-state index in [-0.39, 0.29) is 18.1 Å². The third kappa shape index (κ3) is 6.79. The van der Waals surface area contributed by atoms with E-state index in [1.807, 2.05) is 13.8 Å². The van der Waals surface area contributed by atoms with Gasteiger partial charge in [-0.05, 0) is 55.3 Å². The third-order valence-electron chi connectivity index (χ3n) is 4.33. The van der Waals surface area contributed by atoms with Crippen molar-refractivity contribution >= 4 is 23.2 Å². The molecule has 30 heavy (non-hydrogen) atoms. The van der Waals surface area contributed by atoms with Gasteiger partial charge in [-0.25, -0.2) is 0 Å². The Morgan fingerprint density at radius 1 is 0.933 bits per heavy atom. The predicted molar refractivity (Wildman–Crippen MR) is 111 cm³/mol. The molecule has 0 spiro atoms. The first-order chi connectivity index (χ1) is 14.2. The van der Waals surface area contributed by atoms with Gasteiger partial charge in [-0.1, -0.05) is 19.9 Å². The fraction of sp³-hybridized carbons (Fsp3) is 0.364. The maximum absolute atomic E-state index is 12.7. The molecule has 2 N–H and O–H groups in total. The Labute approximate surface area is 174 Å². The molecule has 0 radical (unpaired) electrons. The molecule has 0 heterocycles. The predicted octanol–water partition coefficient (Wildman–Crippen LogP) is 5.02. The number of nitrogens with one attached hydrogen (secondary N) is 2. The smallest absolute Gasteiger partial charge is 0.376 e. The molecular weight excluding hydrogens is 395 g/mol. The maximum atomic E-state index is 12.7. The van der Waals surface area contributed by atoms with E-state index in [0.717, 1.165) is 25.0 Å². The zero-order chi connectivity index (χ0) is 22.1. The Hall–Kier alpha value is -3.03. The summed E-state index contributed by atoms with van der Waals surface area (Å²) in [4.78, 5) is 26.5. The van der Waals surface area contributed by atoms with Gasteiger partial charge in [-0.3, -0.25) is 9.59 Å². The van der Waals surface area contributed by atoms with Crippen LogP contribution < -0.4 is 10.6 Å². The van der Waals surface area contributed by atoms with Crippen LogP contribution in [0.4, 0.5) is 24.5 Å². The van der Waals surface area contributed by atoms with Crippen LogP contribution in [0.1, 0.15) is 42.6 Å². The minimum absolute atomic E-state index is 0.0530. The van der Waals surface area contributed by atoms with E-state index in [4.69, 9.17) is 0 Å². The molecule has 0 saturated heterocycles. The Morgan fingerprint density at radius 3 is 2.13 bits per heavy atom. The van der Waals surface area contributed by atoms with Gasteiger partial charge < -0.3 is 15.5 Å². The van der Waals surface area contributed by atoms with Crippen molar-refractivity contribution in [1.82, 2.24) is 4.90 Å². The first kappa shape index (κ1) is 23.3.